The molecule has 36 heavy (non-hydrogen) atoms. The molecule has 0 aliphatic rings. The highest BCUT2D eigenvalue weighted by molar-refractivity contribution is 7.99. The number of imidazole rings is 1. The highest BCUT2D eigenvalue weighted by Crippen LogP contribution is 2.32. The summed E-state index contributed by atoms with van der Waals surface area (Å²) >= 11 is 19.7. The van der Waals surface area contributed by atoms with Crippen molar-refractivity contribution in [3.05, 3.63) is 104 Å². The van der Waals surface area contributed by atoms with Crippen LogP contribution in [-0.4, -0.2) is 21.2 Å². The Morgan fingerprint density at radius 2 is 1.72 bits per heavy atom. The molecule has 0 bridgehead atoms. The summed E-state index contributed by atoms with van der Waals surface area (Å²) in [6.07, 6.45) is 1.69. The maximum atomic E-state index is 12.8. The molecule has 0 saturated heterocycles. The number of hydrogen-bond donors (Lipinski definition) is 1. The number of nitrogens with one attached hydrogen (secondary N) is 1. The van der Waals surface area contributed by atoms with Crippen LogP contribution in [0.5, 0.6) is 0 Å². The van der Waals surface area contributed by atoms with Gasteiger partial charge in [-0.2, -0.15) is 0 Å². The number of carbonyl (C=O) groups excluding carboxylic acids is 1. The zero-order valence-electron chi connectivity index (χ0n) is 18.4. The van der Waals surface area contributed by atoms with Gasteiger partial charge in [-0.25, -0.2) is 9.78 Å². The number of rotatable bonds is 6. The summed E-state index contributed by atoms with van der Waals surface area (Å²) in [5.41, 5.74) is 1.89. The minimum atomic E-state index is -0.516. The van der Waals surface area contributed by atoms with Crippen LogP contribution in [0.3, 0.4) is 0 Å². The second-order valence-corrected chi connectivity index (χ2v) is 9.93. The van der Waals surface area contributed by atoms with Crippen molar-refractivity contribution in [2.45, 2.75) is 5.16 Å². The van der Waals surface area contributed by atoms with Crippen LogP contribution in [0.1, 0.15) is 0 Å². The highest BCUT2D eigenvalue weighted by Gasteiger charge is 2.18. The average Bonchev–Trinajstić information content (AvgIpc) is 3.27. The topological polar surface area (TPSA) is 77.1 Å². The number of thioether (sulfide) groups is 1. The molecule has 180 valence electrons. The maximum absolute atomic E-state index is 12.8. The number of para-hydroxylation sites is 1. The minimum Gasteiger partial charge on any atom is -0.422 e. The Hall–Kier alpha value is -3.23. The number of fused-ring (bicyclic) bond motifs is 1. The van der Waals surface area contributed by atoms with Gasteiger partial charge in [-0.05, 0) is 54.6 Å². The summed E-state index contributed by atoms with van der Waals surface area (Å²) in [4.78, 5) is 30.0. The molecule has 0 aliphatic heterocycles. The Bertz CT molecular complexity index is 1650. The lowest BCUT2D eigenvalue weighted by Gasteiger charge is -2.10. The molecule has 6 nitrogen and oxygen atoms in total. The number of nitrogens with zero attached hydrogens (tertiary/aromatic N) is 2. The Morgan fingerprint density at radius 1 is 0.972 bits per heavy atom. The van der Waals surface area contributed by atoms with E-state index in [-0.39, 0.29) is 11.7 Å². The summed E-state index contributed by atoms with van der Waals surface area (Å²) in [6, 6.07) is 20.9. The second-order valence-electron chi connectivity index (χ2n) is 7.70. The van der Waals surface area contributed by atoms with Gasteiger partial charge in [0.05, 0.1) is 27.7 Å². The molecule has 0 unspecified atom stereocenters. The lowest BCUT2D eigenvalue weighted by molar-refractivity contribution is -0.113. The molecule has 0 saturated carbocycles. The number of hydrogen-bond acceptors (Lipinski definition) is 5. The first-order chi connectivity index (χ1) is 17.4. The molecule has 3 aromatic carbocycles. The van der Waals surface area contributed by atoms with Crippen LogP contribution in [0.4, 0.5) is 5.69 Å². The Balaban J connectivity index is 1.50. The number of benzene rings is 3. The van der Waals surface area contributed by atoms with E-state index in [4.69, 9.17) is 39.2 Å². The largest absolute Gasteiger partial charge is 0.422 e. The first-order valence-electron chi connectivity index (χ1n) is 10.6. The van der Waals surface area contributed by atoms with E-state index >= 15 is 0 Å². The van der Waals surface area contributed by atoms with E-state index in [1.54, 1.807) is 71.4 Å². The van der Waals surface area contributed by atoms with E-state index < -0.39 is 5.63 Å². The van der Waals surface area contributed by atoms with Crippen molar-refractivity contribution in [1.29, 1.82) is 0 Å². The molecule has 2 aromatic heterocycles. The molecule has 5 rings (SSSR count). The van der Waals surface area contributed by atoms with Gasteiger partial charge in [-0.1, -0.05) is 64.8 Å². The Kier molecular flexibility index (Phi) is 7.07. The van der Waals surface area contributed by atoms with Gasteiger partial charge >= 0.3 is 5.63 Å². The summed E-state index contributed by atoms with van der Waals surface area (Å²) in [6.45, 7) is 0. The van der Waals surface area contributed by atoms with E-state index in [0.717, 1.165) is 5.39 Å². The van der Waals surface area contributed by atoms with Crippen LogP contribution >= 0.6 is 46.6 Å². The minimum absolute atomic E-state index is 0.0661. The molecule has 0 fully saturated rings. The first-order valence-corrected chi connectivity index (χ1v) is 12.8. The second kappa shape index (κ2) is 10.4. The Labute approximate surface area is 224 Å². The summed E-state index contributed by atoms with van der Waals surface area (Å²) in [5.74, 6) is -0.165. The molecule has 1 N–H and O–H groups in total. The number of amides is 1. The molecular weight excluding hydrogens is 541 g/mol. The third-order valence-electron chi connectivity index (χ3n) is 5.22. The maximum Gasteiger partial charge on any atom is 0.345 e. The summed E-state index contributed by atoms with van der Waals surface area (Å²) in [7, 11) is 0. The third-order valence-corrected chi connectivity index (χ3v) is 6.96. The first kappa shape index (κ1) is 24.5. The fraction of sp³-hybridized carbons (Fsp3) is 0.0385. The van der Waals surface area contributed by atoms with Crippen molar-refractivity contribution >= 4 is 69.1 Å². The van der Waals surface area contributed by atoms with E-state index in [1.807, 2.05) is 12.1 Å². The van der Waals surface area contributed by atoms with Crippen LogP contribution in [-0.2, 0) is 4.79 Å². The number of carbonyl (C=O) groups is 1. The zero-order chi connectivity index (χ0) is 25.2. The van der Waals surface area contributed by atoms with Crippen molar-refractivity contribution in [2.24, 2.45) is 0 Å². The fourth-order valence-corrected chi connectivity index (χ4v) is 4.96. The van der Waals surface area contributed by atoms with E-state index in [2.05, 4.69) is 10.3 Å². The van der Waals surface area contributed by atoms with Crippen LogP contribution in [0, 0.1) is 0 Å². The van der Waals surface area contributed by atoms with Crippen LogP contribution in [0.2, 0.25) is 15.1 Å². The average molecular weight is 557 g/mol. The van der Waals surface area contributed by atoms with Crippen molar-refractivity contribution in [1.82, 2.24) is 9.55 Å². The molecule has 0 radical (unpaired) electrons. The molecule has 2 heterocycles. The normalized spacial score (nSPS) is 11.1. The Morgan fingerprint density at radius 3 is 2.50 bits per heavy atom. The van der Waals surface area contributed by atoms with Gasteiger partial charge in [-0.15, -0.1) is 0 Å². The lowest BCUT2D eigenvalue weighted by atomic mass is 10.1. The van der Waals surface area contributed by atoms with Gasteiger partial charge in [-0.3, -0.25) is 9.36 Å². The number of halogens is 3. The number of aromatic nitrogens is 2. The van der Waals surface area contributed by atoms with Crippen molar-refractivity contribution in [3.8, 4) is 16.9 Å². The number of anilines is 1. The standard InChI is InChI=1S/C26H16Cl3N3O3S/c27-16-5-8-18(9-6-16)30-24(33)14-36-26-31-21(13-32(26)22-10-7-17(28)12-20(22)29)19-11-15-3-1-2-4-23(15)35-25(19)34/h1-13H,14H2,(H,30,33). The summed E-state index contributed by atoms with van der Waals surface area (Å²) < 4.78 is 7.21. The van der Waals surface area contributed by atoms with Crippen molar-refractivity contribution in [3.63, 3.8) is 0 Å². The molecular formula is C26H16Cl3N3O3S. The van der Waals surface area contributed by atoms with Gasteiger partial charge in [0, 0.05) is 27.3 Å². The van der Waals surface area contributed by atoms with Gasteiger partial charge in [0.25, 0.3) is 0 Å². The molecule has 5 aromatic rings. The van der Waals surface area contributed by atoms with Crippen LogP contribution < -0.4 is 10.9 Å². The van der Waals surface area contributed by atoms with Crippen LogP contribution in [0.25, 0.3) is 27.9 Å². The van der Waals surface area contributed by atoms with E-state index in [0.29, 0.717) is 48.4 Å². The van der Waals surface area contributed by atoms with Gasteiger partial charge < -0.3 is 9.73 Å². The van der Waals surface area contributed by atoms with Crippen molar-refractivity contribution in [2.75, 3.05) is 11.1 Å². The van der Waals surface area contributed by atoms with Gasteiger partial charge in [0.2, 0.25) is 5.91 Å². The summed E-state index contributed by atoms with van der Waals surface area (Å²) in [5, 5.41) is 5.51. The monoisotopic (exact) mass is 555 g/mol. The molecule has 0 aliphatic carbocycles. The van der Waals surface area contributed by atoms with Gasteiger partial charge in [0.15, 0.2) is 5.16 Å². The van der Waals surface area contributed by atoms with E-state index in [9.17, 15) is 9.59 Å². The predicted octanol–water partition coefficient (Wildman–Crippen LogP) is 7.34. The zero-order valence-corrected chi connectivity index (χ0v) is 21.5. The molecule has 1 amide bonds. The predicted molar refractivity (Wildman–Crippen MR) is 146 cm³/mol. The smallest absolute Gasteiger partial charge is 0.345 e. The lowest BCUT2D eigenvalue weighted by Crippen LogP contribution is -2.14. The third kappa shape index (κ3) is 5.29. The molecule has 10 heteroatoms. The highest BCUT2D eigenvalue weighted by atomic mass is 35.5. The molecule has 0 atom stereocenters. The van der Waals surface area contributed by atoms with Crippen molar-refractivity contribution < 1.29 is 9.21 Å². The fourth-order valence-electron chi connectivity index (χ4n) is 3.54. The molecule has 0 spiro atoms. The van der Waals surface area contributed by atoms with E-state index in [1.165, 1.54) is 11.8 Å². The van der Waals surface area contributed by atoms with Crippen LogP contribution in [0.15, 0.2) is 93.4 Å². The quantitative estimate of drug-likeness (QED) is 0.175. The SMILES string of the molecule is O=C(CSc1nc(-c2cc3ccccc3oc2=O)cn1-c1ccc(Cl)cc1Cl)Nc1ccc(Cl)cc1. The van der Waals surface area contributed by atoms with Gasteiger partial charge in [0.1, 0.15) is 5.58 Å².